The molecule has 1 heterocycles. The van der Waals surface area contributed by atoms with Gasteiger partial charge >= 0.3 is 0 Å². The van der Waals surface area contributed by atoms with Gasteiger partial charge in [0.15, 0.2) is 6.10 Å². The molecule has 0 aliphatic heterocycles. The fourth-order valence-electron chi connectivity index (χ4n) is 1.62. The normalized spacial score (nSPS) is 12.2. The molecule has 0 radical (unpaired) electrons. The molecule has 0 fully saturated rings. The first kappa shape index (κ1) is 14.5. The molecule has 2 rings (SSSR count). The van der Waals surface area contributed by atoms with E-state index in [9.17, 15) is 4.79 Å². The van der Waals surface area contributed by atoms with E-state index < -0.39 is 6.10 Å². The molecule has 1 unspecified atom stereocenters. The van der Waals surface area contributed by atoms with Crippen LogP contribution in [0.15, 0.2) is 30.6 Å². The molecule has 0 spiro atoms. The third-order valence-electron chi connectivity index (χ3n) is 2.82. The van der Waals surface area contributed by atoms with Crippen molar-refractivity contribution < 1.29 is 9.53 Å². The van der Waals surface area contributed by atoms with E-state index in [1.165, 1.54) is 11.9 Å². The maximum atomic E-state index is 11.9. The maximum absolute atomic E-state index is 11.9. The standard InChI is InChI=1S/C14H17N3O2S/c1-9(2)11-4-6-12(7-5-11)19-10(3)13(18)17-14-15-8-16-20-14/h4-10H,1-3H3,(H,15,16,17,18). The molecule has 0 aliphatic carbocycles. The molecule has 2 aromatic rings. The Hall–Kier alpha value is -1.95. The van der Waals surface area contributed by atoms with E-state index in [-0.39, 0.29) is 5.91 Å². The zero-order valence-electron chi connectivity index (χ0n) is 11.7. The number of carbonyl (C=O) groups excluding carboxylic acids is 1. The smallest absolute Gasteiger partial charge is 0.266 e. The lowest BCUT2D eigenvalue weighted by molar-refractivity contribution is -0.122. The van der Waals surface area contributed by atoms with Gasteiger partial charge in [0, 0.05) is 11.5 Å². The van der Waals surface area contributed by atoms with E-state index in [4.69, 9.17) is 4.74 Å². The summed E-state index contributed by atoms with van der Waals surface area (Å²) in [5, 5.41) is 3.13. The van der Waals surface area contributed by atoms with E-state index in [1.807, 2.05) is 24.3 Å². The van der Waals surface area contributed by atoms with Crippen LogP contribution in [0.5, 0.6) is 5.75 Å². The van der Waals surface area contributed by atoms with Gasteiger partial charge in [-0.1, -0.05) is 26.0 Å². The summed E-state index contributed by atoms with van der Waals surface area (Å²) >= 11 is 1.13. The van der Waals surface area contributed by atoms with Crippen LogP contribution in [0.1, 0.15) is 32.3 Å². The third kappa shape index (κ3) is 3.77. The van der Waals surface area contributed by atoms with Gasteiger partial charge in [-0.15, -0.1) is 0 Å². The molecule has 0 saturated heterocycles. The molecule has 1 aromatic carbocycles. The zero-order chi connectivity index (χ0) is 14.5. The Labute approximate surface area is 122 Å². The number of amides is 1. The zero-order valence-corrected chi connectivity index (χ0v) is 12.5. The van der Waals surface area contributed by atoms with Gasteiger partial charge in [-0.25, -0.2) is 4.98 Å². The second kappa shape index (κ2) is 6.47. The van der Waals surface area contributed by atoms with Gasteiger partial charge in [0.05, 0.1) is 0 Å². The lowest BCUT2D eigenvalue weighted by Crippen LogP contribution is -2.30. The number of hydrogen-bond acceptors (Lipinski definition) is 5. The van der Waals surface area contributed by atoms with Crippen LogP contribution in [0, 0.1) is 0 Å². The quantitative estimate of drug-likeness (QED) is 0.919. The Bertz CT molecular complexity index is 552. The van der Waals surface area contributed by atoms with Crippen LogP contribution in [0.3, 0.4) is 0 Å². The van der Waals surface area contributed by atoms with E-state index in [1.54, 1.807) is 6.92 Å². The highest BCUT2D eigenvalue weighted by molar-refractivity contribution is 7.09. The molecule has 5 nitrogen and oxygen atoms in total. The van der Waals surface area contributed by atoms with E-state index in [2.05, 4.69) is 28.5 Å². The van der Waals surface area contributed by atoms with Crippen molar-refractivity contribution in [2.24, 2.45) is 0 Å². The van der Waals surface area contributed by atoms with E-state index in [0.717, 1.165) is 11.5 Å². The SMILES string of the molecule is CC(Oc1ccc(C(C)C)cc1)C(=O)Nc1ncns1. The van der Waals surface area contributed by atoms with Crippen LogP contribution in [-0.4, -0.2) is 21.4 Å². The molecule has 0 bridgehead atoms. The van der Waals surface area contributed by atoms with Crippen molar-refractivity contribution in [1.82, 2.24) is 9.36 Å². The van der Waals surface area contributed by atoms with Crippen molar-refractivity contribution in [2.45, 2.75) is 32.8 Å². The van der Waals surface area contributed by atoms with Crippen molar-refractivity contribution in [1.29, 1.82) is 0 Å². The third-order valence-corrected chi connectivity index (χ3v) is 3.40. The summed E-state index contributed by atoms with van der Waals surface area (Å²) in [6.45, 7) is 5.97. The summed E-state index contributed by atoms with van der Waals surface area (Å²) in [4.78, 5) is 15.8. The minimum Gasteiger partial charge on any atom is -0.481 e. The molecule has 1 atom stereocenters. The van der Waals surface area contributed by atoms with Crippen LogP contribution in [0.4, 0.5) is 5.13 Å². The number of rotatable bonds is 5. The number of nitrogens with zero attached hydrogens (tertiary/aromatic N) is 2. The minimum atomic E-state index is -0.594. The number of benzene rings is 1. The summed E-state index contributed by atoms with van der Waals surface area (Å²) in [5.74, 6) is 0.908. The number of nitrogens with one attached hydrogen (secondary N) is 1. The first-order chi connectivity index (χ1) is 9.56. The average Bonchev–Trinajstić information content (AvgIpc) is 2.92. The van der Waals surface area contributed by atoms with Gasteiger partial charge in [0.2, 0.25) is 5.13 Å². The highest BCUT2D eigenvalue weighted by Crippen LogP contribution is 2.19. The van der Waals surface area contributed by atoms with Gasteiger partial charge in [0.25, 0.3) is 5.91 Å². The van der Waals surface area contributed by atoms with Crippen LogP contribution in [0.2, 0.25) is 0 Å². The lowest BCUT2D eigenvalue weighted by Gasteiger charge is -2.14. The van der Waals surface area contributed by atoms with Crippen molar-refractivity contribution in [2.75, 3.05) is 5.32 Å². The monoisotopic (exact) mass is 291 g/mol. The summed E-state index contributed by atoms with van der Waals surface area (Å²) in [7, 11) is 0. The molecule has 6 heteroatoms. The Balaban J connectivity index is 1.93. The van der Waals surface area contributed by atoms with E-state index in [0.29, 0.717) is 16.8 Å². The summed E-state index contributed by atoms with van der Waals surface area (Å²) in [5.41, 5.74) is 1.24. The molecular weight excluding hydrogens is 274 g/mol. The molecule has 106 valence electrons. The van der Waals surface area contributed by atoms with Gasteiger partial charge in [-0.2, -0.15) is 4.37 Å². The largest absolute Gasteiger partial charge is 0.481 e. The Morgan fingerprint density at radius 2 is 1.95 bits per heavy atom. The van der Waals surface area contributed by atoms with Crippen LogP contribution in [0.25, 0.3) is 0 Å². The molecule has 20 heavy (non-hydrogen) atoms. The Kier molecular flexibility index (Phi) is 4.68. The molecule has 0 aliphatic rings. The molecular formula is C14H17N3O2S. The fourth-order valence-corrected chi connectivity index (χ4v) is 2.06. The van der Waals surface area contributed by atoms with Gasteiger partial charge in [-0.05, 0) is 30.5 Å². The van der Waals surface area contributed by atoms with Crippen LogP contribution < -0.4 is 10.1 Å². The first-order valence-electron chi connectivity index (χ1n) is 6.40. The van der Waals surface area contributed by atoms with Crippen molar-refractivity contribution in [3.63, 3.8) is 0 Å². The molecule has 0 saturated carbocycles. The van der Waals surface area contributed by atoms with Crippen molar-refractivity contribution in [3.05, 3.63) is 36.2 Å². The van der Waals surface area contributed by atoms with Crippen LogP contribution >= 0.6 is 11.5 Å². The Morgan fingerprint density at radius 3 is 2.50 bits per heavy atom. The second-order valence-corrected chi connectivity index (χ2v) is 5.50. The fraction of sp³-hybridized carbons (Fsp3) is 0.357. The molecule has 1 aromatic heterocycles. The lowest BCUT2D eigenvalue weighted by atomic mass is 10.0. The first-order valence-corrected chi connectivity index (χ1v) is 7.17. The highest BCUT2D eigenvalue weighted by atomic mass is 32.1. The van der Waals surface area contributed by atoms with Gasteiger partial charge in [-0.3, -0.25) is 10.1 Å². The molecule has 1 N–H and O–H groups in total. The van der Waals surface area contributed by atoms with Crippen LogP contribution in [-0.2, 0) is 4.79 Å². The topological polar surface area (TPSA) is 64.1 Å². The average molecular weight is 291 g/mol. The predicted octanol–water partition coefficient (Wildman–Crippen LogP) is 3.07. The summed E-state index contributed by atoms with van der Waals surface area (Å²) in [6.07, 6.45) is 0.806. The minimum absolute atomic E-state index is 0.241. The number of carbonyl (C=O) groups is 1. The van der Waals surface area contributed by atoms with Gasteiger partial charge < -0.3 is 4.74 Å². The van der Waals surface area contributed by atoms with Crippen molar-refractivity contribution in [3.8, 4) is 5.75 Å². The summed E-state index contributed by atoms with van der Waals surface area (Å²) < 4.78 is 9.42. The van der Waals surface area contributed by atoms with E-state index >= 15 is 0 Å². The number of hydrogen-bond donors (Lipinski definition) is 1. The number of aromatic nitrogens is 2. The highest BCUT2D eigenvalue weighted by Gasteiger charge is 2.16. The van der Waals surface area contributed by atoms with Crippen molar-refractivity contribution >= 4 is 22.6 Å². The number of anilines is 1. The summed E-state index contributed by atoms with van der Waals surface area (Å²) in [6, 6.07) is 7.78. The molecule has 1 amide bonds. The maximum Gasteiger partial charge on any atom is 0.266 e. The number of ether oxygens (including phenoxy) is 1. The predicted molar refractivity (Wildman–Crippen MR) is 79.2 cm³/mol. The van der Waals surface area contributed by atoms with Gasteiger partial charge in [0.1, 0.15) is 12.1 Å². The second-order valence-electron chi connectivity index (χ2n) is 4.72. The Morgan fingerprint density at radius 1 is 1.25 bits per heavy atom.